The number of hydrogen-bond donors (Lipinski definition) is 3. The fraction of sp³-hybridized carbons (Fsp3) is 0.0476. The van der Waals surface area contributed by atoms with Crippen LogP contribution in [0.4, 0.5) is 22.7 Å². The van der Waals surface area contributed by atoms with Gasteiger partial charge in [-0.05, 0) is 35.9 Å². The fourth-order valence-corrected chi connectivity index (χ4v) is 3.60. The number of benzene rings is 3. The Bertz CT molecular complexity index is 1220. The molecule has 33 heavy (non-hydrogen) atoms. The fourth-order valence-electron chi connectivity index (χ4n) is 3.04. The molecule has 3 N–H and O–H groups in total. The van der Waals surface area contributed by atoms with Crippen LogP contribution in [0.25, 0.3) is 0 Å². The van der Waals surface area contributed by atoms with E-state index >= 15 is 0 Å². The monoisotopic (exact) mass is 470 g/mol. The second-order valence-electron chi connectivity index (χ2n) is 6.69. The van der Waals surface area contributed by atoms with Crippen LogP contribution in [-0.2, 0) is 17.8 Å². The number of carbonyl (C=O) groups is 2. The third-order valence-corrected chi connectivity index (χ3v) is 5.25. The Morgan fingerprint density at radius 3 is 2.06 bits per heavy atom. The normalized spacial score (nSPS) is 11.4. The predicted molar refractivity (Wildman–Crippen MR) is 118 cm³/mol. The van der Waals surface area contributed by atoms with Crippen LogP contribution in [0.15, 0.2) is 66.7 Å². The third-order valence-electron chi connectivity index (χ3n) is 4.53. The molecule has 170 valence electrons. The maximum Gasteiger partial charge on any atom is 0.335 e. The van der Waals surface area contributed by atoms with Gasteiger partial charge >= 0.3 is 11.9 Å². The van der Waals surface area contributed by atoms with Crippen LogP contribution in [0.5, 0.6) is 0 Å². The van der Waals surface area contributed by atoms with Gasteiger partial charge in [0.05, 0.1) is 38.7 Å². The number of nitro benzene ring substituents is 1. The molecule has 12 heteroatoms. The smallest absolute Gasteiger partial charge is 0.335 e. The van der Waals surface area contributed by atoms with Gasteiger partial charge < -0.3 is 20.1 Å². The zero-order chi connectivity index (χ0) is 24.1. The van der Waals surface area contributed by atoms with Gasteiger partial charge in [0.1, 0.15) is 5.69 Å². The highest BCUT2D eigenvalue weighted by molar-refractivity contribution is 7.81. The number of carboxylic acid groups (broad SMARTS) is 2. The van der Waals surface area contributed by atoms with Crippen LogP contribution in [-0.4, -0.2) is 35.8 Å². The first-order valence-corrected chi connectivity index (χ1v) is 10.3. The molecule has 0 bridgehead atoms. The summed E-state index contributed by atoms with van der Waals surface area (Å²) in [5.41, 5.74) is -0.836. The van der Waals surface area contributed by atoms with Gasteiger partial charge in [-0.3, -0.25) is 18.6 Å². The summed E-state index contributed by atoms with van der Waals surface area (Å²) in [6, 6.07) is 15.5. The van der Waals surface area contributed by atoms with Gasteiger partial charge in [0.15, 0.2) is 0 Å². The van der Waals surface area contributed by atoms with Crippen molar-refractivity contribution < 1.29 is 33.5 Å². The van der Waals surface area contributed by atoms with Crippen molar-refractivity contribution in [1.29, 1.82) is 0 Å². The Morgan fingerprint density at radius 1 is 0.939 bits per heavy atom. The Kier molecular flexibility index (Phi) is 7.00. The molecule has 0 amide bonds. The summed E-state index contributed by atoms with van der Waals surface area (Å²) in [7, 11) is 0. The number of hydrogen-bond acceptors (Lipinski definition) is 7. The Hall–Kier alpha value is -4.29. The number of nitrogens with zero attached hydrogens (tertiary/aromatic N) is 2. The van der Waals surface area contributed by atoms with E-state index in [0.29, 0.717) is 4.31 Å². The lowest BCUT2D eigenvalue weighted by Crippen LogP contribution is -2.21. The molecule has 0 aliphatic heterocycles. The van der Waals surface area contributed by atoms with Crippen molar-refractivity contribution in [3.8, 4) is 0 Å². The maximum absolute atomic E-state index is 12.0. The number of nitrogens with one attached hydrogen (secondary N) is 1. The minimum atomic E-state index is -3.06. The number of carboxylic acids is 2. The van der Waals surface area contributed by atoms with Crippen LogP contribution in [0, 0.1) is 10.1 Å². The first-order valence-electron chi connectivity index (χ1n) is 9.25. The van der Waals surface area contributed by atoms with Crippen molar-refractivity contribution in [1.82, 2.24) is 0 Å². The predicted octanol–water partition coefficient (Wildman–Crippen LogP) is 3.54. The van der Waals surface area contributed by atoms with Gasteiger partial charge in [-0.1, -0.05) is 30.3 Å². The van der Waals surface area contributed by atoms with Crippen molar-refractivity contribution in [2.24, 2.45) is 0 Å². The second-order valence-corrected chi connectivity index (χ2v) is 7.49. The first kappa shape index (κ1) is 23.4. The average Bonchev–Trinajstić information content (AvgIpc) is 2.78. The second kappa shape index (κ2) is 9.89. The maximum atomic E-state index is 12.0. The van der Waals surface area contributed by atoms with E-state index in [0.717, 1.165) is 29.8 Å². The summed E-state index contributed by atoms with van der Waals surface area (Å²) in [6.07, 6.45) is 0. The highest BCUT2D eigenvalue weighted by atomic mass is 32.2. The van der Waals surface area contributed by atoms with Crippen LogP contribution >= 0.6 is 0 Å². The van der Waals surface area contributed by atoms with Crippen LogP contribution in [0.2, 0.25) is 0 Å². The van der Waals surface area contributed by atoms with Gasteiger partial charge in [0, 0.05) is 12.6 Å². The van der Waals surface area contributed by atoms with E-state index in [-0.39, 0.29) is 23.6 Å². The van der Waals surface area contributed by atoms with Gasteiger partial charge in [0.25, 0.3) is 5.69 Å². The summed E-state index contributed by atoms with van der Waals surface area (Å²) in [6.45, 7) is 0.279. The molecule has 0 radical (unpaired) electrons. The molecule has 0 aliphatic rings. The van der Waals surface area contributed by atoms with Gasteiger partial charge in [0.2, 0.25) is 0 Å². The van der Waals surface area contributed by atoms with Gasteiger partial charge in [-0.25, -0.2) is 9.59 Å². The minimum Gasteiger partial charge on any atom is -0.755 e. The minimum absolute atomic E-state index is 0.134. The van der Waals surface area contributed by atoms with E-state index in [1.165, 1.54) is 12.1 Å². The lowest BCUT2D eigenvalue weighted by Gasteiger charge is -2.27. The lowest BCUT2D eigenvalue weighted by molar-refractivity contribution is -0.383. The molecule has 0 spiro atoms. The summed E-state index contributed by atoms with van der Waals surface area (Å²) >= 11 is -3.06. The molecular weight excluding hydrogens is 454 g/mol. The summed E-state index contributed by atoms with van der Waals surface area (Å²) in [5, 5.41) is 33.1. The van der Waals surface area contributed by atoms with Gasteiger partial charge in [-0.2, -0.15) is 0 Å². The number of aromatic carboxylic acids is 2. The summed E-state index contributed by atoms with van der Waals surface area (Å²) in [5.74, 6) is -2.94. The molecule has 11 nitrogen and oxygen atoms in total. The SMILES string of the molecule is O=C(O)c1cc(C(=O)O)cc(N(c2ccc(NCc3ccccc3)c([N+](=O)[O-])c2)S(=O)[O-])c1. The van der Waals surface area contributed by atoms with Crippen molar-refractivity contribution in [3.05, 3.63) is 93.5 Å². The number of rotatable bonds is 9. The molecule has 1 unspecified atom stereocenters. The van der Waals surface area contributed by atoms with Crippen LogP contribution in [0.1, 0.15) is 26.3 Å². The number of anilines is 3. The molecule has 0 fully saturated rings. The third kappa shape index (κ3) is 5.50. The average molecular weight is 470 g/mol. The van der Waals surface area contributed by atoms with Crippen molar-refractivity contribution in [3.63, 3.8) is 0 Å². The summed E-state index contributed by atoms with van der Waals surface area (Å²) in [4.78, 5) is 33.7. The van der Waals surface area contributed by atoms with Crippen LogP contribution < -0.4 is 9.62 Å². The molecule has 3 aromatic rings. The molecule has 0 heterocycles. The quantitative estimate of drug-likeness (QED) is 0.240. The van der Waals surface area contributed by atoms with E-state index in [2.05, 4.69) is 5.32 Å². The molecule has 0 aromatic heterocycles. The first-order chi connectivity index (χ1) is 15.7. The van der Waals surface area contributed by atoms with E-state index in [4.69, 9.17) is 0 Å². The molecule has 3 aromatic carbocycles. The molecular formula is C21H16N3O8S-. The standard InChI is InChI=1S/C21H17N3O8S/c25-20(26)14-8-15(21(27)28)10-17(9-14)23(33(31)32)16-6-7-18(19(11-16)24(29)30)22-12-13-4-2-1-3-5-13/h1-11,22H,12H2,(H,25,26)(H,27,28)(H,31,32)/p-1. The van der Waals surface area contributed by atoms with E-state index in [1.54, 1.807) is 0 Å². The molecule has 0 aliphatic carbocycles. The Morgan fingerprint density at radius 2 is 1.55 bits per heavy atom. The Labute approximate surface area is 189 Å². The van der Waals surface area contributed by atoms with E-state index < -0.39 is 44.9 Å². The summed E-state index contributed by atoms with van der Waals surface area (Å²) < 4.78 is 24.5. The highest BCUT2D eigenvalue weighted by Gasteiger charge is 2.21. The molecule has 3 rings (SSSR count). The van der Waals surface area contributed by atoms with Crippen molar-refractivity contribution >= 4 is 46.0 Å². The molecule has 0 saturated carbocycles. The zero-order valence-electron chi connectivity index (χ0n) is 16.7. The largest absolute Gasteiger partial charge is 0.755 e. The van der Waals surface area contributed by atoms with E-state index in [9.17, 15) is 38.7 Å². The topological polar surface area (TPSA) is 173 Å². The Balaban J connectivity index is 2.04. The molecule has 0 saturated heterocycles. The number of nitro groups is 1. The zero-order valence-corrected chi connectivity index (χ0v) is 17.5. The van der Waals surface area contributed by atoms with E-state index in [1.807, 2.05) is 30.3 Å². The van der Waals surface area contributed by atoms with Gasteiger partial charge in [-0.15, -0.1) is 0 Å². The van der Waals surface area contributed by atoms with Crippen molar-refractivity contribution in [2.75, 3.05) is 9.62 Å². The highest BCUT2D eigenvalue weighted by Crippen LogP contribution is 2.35. The molecule has 1 atom stereocenters. The lowest BCUT2D eigenvalue weighted by atomic mass is 10.1. The van der Waals surface area contributed by atoms with Crippen LogP contribution in [0.3, 0.4) is 0 Å². The van der Waals surface area contributed by atoms with Crippen molar-refractivity contribution in [2.45, 2.75) is 6.54 Å².